The highest BCUT2D eigenvalue weighted by atomic mass is 31.2. The quantitative estimate of drug-likeness (QED) is 0.0152. The summed E-state index contributed by atoms with van der Waals surface area (Å²) >= 11 is 0. The van der Waals surface area contributed by atoms with Crippen molar-refractivity contribution in [3.8, 4) is 0 Å². The van der Waals surface area contributed by atoms with Crippen LogP contribution in [0.15, 0.2) is 134 Å². The number of phosphoric ester groups is 1. The third-order valence-corrected chi connectivity index (χ3v) is 9.81. The lowest BCUT2D eigenvalue weighted by molar-refractivity contribution is -0.870. The van der Waals surface area contributed by atoms with Crippen molar-refractivity contribution < 1.29 is 52.3 Å². The number of phosphoric acid groups is 1. The fourth-order valence-corrected chi connectivity index (χ4v) is 5.96. The molecule has 0 aromatic heterocycles. The first-order valence-corrected chi connectivity index (χ1v) is 24.6. The molecule has 0 radical (unpaired) electrons. The normalized spacial score (nSPS) is 15.7. The predicted molar refractivity (Wildman–Crippen MR) is 261 cm³/mol. The Balaban J connectivity index is 4.65. The van der Waals surface area contributed by atoms with Crippen molar-refractivity contribution in [3.63, 3.8) is 0 Å². The van der Waals surface area contributed by atoms with E-state index in [1.165, 1.54) is 0 Å². The number of carbonyl (C=O) groups excluding carboxylic acids is 2. The molecule has 0 aromatic rings. The number of quaternary nitrogens is 1. The smallest absolute Gasteiger partial charge is 0.306 e. The van der Waals surface area contributed by atoms with Gasteiger partial charge in [-0.3, -0.25) is 14.2 Å². The first-order valence-electron chi connectivity index (χ1n) is 23.1. The second-order valence-electron chi connectivity index (χ2n) is 16.1. The number of nitrogens with zero attached hydrogens (tertiary/aromatic N) is 1. The minimum absolute atomic E-state index is 0.0265. The van der Waals surface area contributed by atoms with Gasteiger partial charge in [0.1, 0.15) is 19.8 Å². The Morgan fingerprint density at radius 1 is 0.578 bits per heavy atom. The second-order valence-corrected chi connectivity index (χ2v) is 17.5. The molecule has 0 saturated carbocycles. The number of unbranched alkanes of at least 4 members (excludes halogenated alkanes) is 3. The van der Waals surface area contributed by atoms with Gasteiger partial charge in [-0.25, -0.2) is 0 Å². The van der Waals surface area contributed by atoms with Gasteiger partial charge in [0.25, 0.3) is 7.82 Å². The summed E-state index contributed by atoms with van der Waals surface area (Å²) in [6.45, 7) is 3.64. The predicted octanol–water partition coefficient (Wildman–Crippen LogP) is 10.8. The highest BCUT2D eigenvalue weighted by Crippen LogP contribution is 2.38. The minimum Gasteiger partial charge on any atom is -0.756 e. The van der Waals surface area contributed by atoms with Gasteiger partial charge in [-0.2, -0.15) is 0 Å². The number of hydrogen-bond acceptors (Lipinski definition) is 10. The maximum atomic E-state index is 12.7. The Labute approximate surface area is 386 Å². The molecule has 0 saturated heterocycles. The molecule has 0 fully saturated rings. The number of esters is 2. The lowest BCUT2D eigenvalue weighted by Crippen LogP contribution is -2.37. The molecule has 0 aliphatic rings. The maximum absolute atomic E-state index is 12.7. The van der Waals surface area contributed by atoms with Gasteiger partial charge < -0.3 is 38.1 Å². The number of likely N-dealkylation sites (N-methyl/N-ethyl adjacent to an activating group) is 1. The van der Waals surface area contributed by atoms with E-state index in [0.29, 0.717) is 43.1 Å². The molecule has 0 bridgehead atoms. The third-order valence-electron chi connectivity index (χ3n) is 8.85. The van der Waals surface area contributed by atoms with Crippen LogP contribution in [0.3, 0.4) is 0 Å². The molecular weight excluding hydrogens is 830 g/mol. The monoisotopic (exact) mass is 912 g/mol. The Bertz CT molecular complexity index is 1580. The van der Waals surface area contributed by atoms with Gasteiger partial charge in [0, 0.05) is 12.8 Å². The van der Waals surface area contributed by atoms with Crippen LogP contribution < -0.4 is 4.89 Å². The molecular formula is C52H82NO10P. The van der Waals surface area contributed by atoms with Crippen LogP contribution >= 0.6 is 7.82 Å². The van der Waals surface area contributed by atoms with Gasteiger partial charge in [0.15, 0.2) is 6.10 Å². The molecule has 360 valence electrons. The van der Waals surface area contributed by atoms with E-state index < -0.39 is 44.7 Å². The lowest BCUT2D eigenvalue weighted by Gasteiger charge is -2.28. The van der Waals surface area contributed by atoms with Gasteiger partial charge >= 0.3 is 11.9 Å². The zero-order valence-corrected chi connectivity index (χ0v) is 40.5. The minimum atomic E-state index is -4.70. The van der Waals surface area contributed by atoms with E-state index >= 15 is 0 Å². The molecule has 0 aliphatic heterocycles. The molecule has 0 aromatic carbocycles. The van der Waals surface area contributed by atoms with E-state index in [-0.39, 0.29) is 26.1 Å². The number of rotatable bonds is 39. The first-order chi connectivity index (χ1) is 30.8. The Morgan fingerprint density at radius 2 is 1.06 bits per heavy atom. The number of ether oxygens (including phenoxy) is 2. The Morgan fingerprint density at radius 3 is 1.61 bits per heavy atom. The SMILES string of the molecule is CC/C=C\C/C=C\C/C=C\C/C=C\C/C=C\CCCCCC(=O)OC[C@H](COP(=O)([O-])OCC[N+](C)(C)C)OC(=O)CC/C=C\C/C=C\C[C@@H](O)/C=C/C=C\C=C\[C@@H](O)C/C=C\CC. The van der Waals surface area contributed by atoms with E-state index in [1.54, 1.807) is 36.5 Å². The molecule has 12 heteroatoms. The van der Waals surface area contributed by atoms with Crippen LogP contribution in [0.1, 0.15) is 117 Å². The van der Waals surface area contributed by atoms with Gasteiger partial charge in [0.05, 0.1) is 40.0 Å². The van der Waals surface area contributed by atoms with Crippen LogP contribution in [0.25, 0.3) is 0 Å². The van der Waals surface area contributed by atoms with Crippen molar-refractivity contribution in [2.24, 2.45) is 0 Å². The lowest BCUT2D eigenvalue weighted by atomic mass is 10.1. The number of aliphatic hydroxyl groups is 2. The Kier molecular flexibility index (Phi) is 39.2. The molecule has 1 unspecified atom stereocenters. The van der Waals surface area contributed by atoms with Crippen LogP contribution in [0, 0.1) is 0 Å². The number of hydrogen-bond donors (Lipinski definition) is 2. The van der Waals surface area contributed by atoms with E-state index in [9.17, 15) is 29.3 Å². The molecule has 2 N–H and O–H groups in total. The van der Waals surface area contributed by atoms with Crippen molar-refractivity contribution in [1.82, 2.24) is 0 Å². The van der Waals surface area contributed by atoms with Crippen molar-refractivity contribution in [1.29, 1.82) is 0 Å². The highest BCUT2D eigenvalue weighted by molar-refractivity contribution is 7.45. The van der Waals surface area contributed by atoms with E-state index in [0.717, 1.165) is 57.8 Å². The van der Waals surface area contributed by atoms with Gasteiger partial charge in [-0.15, -0.1) is 0 Å². The number of allylic oxidation sites excluding steroid dienone is 18. The Hall–Kier alpha value is -3.93. The second kappa shape index (κ2) is 41.8. The van der Waals surface area contributed by atoms with Crippen molar-refractivity contribution >= 4 is 19.8 Å². The van der Waals surface area contributed by atoms with Gasteiger partial charge in [-0.1, -0.05) is 154 Å². The molecule has 0 heterocycles. The molecule has 11 nitrogen and oxygen atoms in total. The summed E-state index contributed by atoms with van der Waals surface area (Å²) in [6, 6.07) is 0. The molecule has 0 amide bonds. The highest BCUT2D eigenvalue weighted by Gasteiger charge is 2.21. The van der Waals surface area contributed by atoms with Gasteiger partial charge in [0.2, 0.25) is 0 Å². The molecule has 0 spiro atoms. The molecule has 0 rings (SSSR count). The topological polar surface area (TPSA) is 152 Å². The number of aliphatic hydroxyl groups excluding tert-OH is 2. The zero-order valence-electron chi connectivity index (χ0n) is 39.6. The van der Waals surface area contributed by atoms with E-state index in [2.05, 4.69) is 67.7 Å². The summed E-state index contributed by atoms with van der Waals surface area (Å²) in [7, 11) is 1.00. The fourth-order valence-electron chi connectivity index (χ4n) is 5.23. The fraction of sp³-hybridized carbons (Fsp3) is 0.538. The molecule has 4 atom stereocenters. The van der Waals surface area contributed by atoms with Crippen LogP contribution in [-0.2, 0) is 32.7 Å². The number of carbonyl (C=O) groups is 2. The largest absolute Gasteiger partial charge is 0.756 e. The van der Waals surface area contributed by atoms with Gasteiger partial charge in [-0.05, 0) is 83.5 Å². The third kappa shape index (κ3) is 44.7. The summed E-state index contributed by atoms with van der Waals surface area (Å²) < 4.78 is 33.7. The average molecular weight is 912 g/mol. The zero-order chi connectivity index (χ0) is 47.4. The molecule has 64 heavy (non-hydrogen) atoms. The van der Waals surface area contributed by atoms with Crippen molar-refractivity contribution in [3.05, 3.63) is 134 Å². The van der Waals surface area contributed by atoms with Crippen molar-refractivity contribution in [2.75, 3.05) is 47.5 Å². The van der Waals surface area contributed by atoms with E-state index in [1.807, 2.05) is 64.5 Å². The summed E-state index contributed by atoms with van der Waals surface area (Å²) in [6.07, 6.45) is 52.7. The molecule has 0 aliphatic carbocycles. The van der Waals surface area contributed by atoms with Crippen molar-refractivity contribution in [2.45, 2.75) is 135 Å². The summed E-state index contributed by atoms with van der Waals surface area (Å²) in [5.41, 5.74) is 0. The van der Waals surface area contributed by atoms with E-state index in [4.69, 9.17) is 18.5 Å². The summed E-state index contributed by atoms with van der Waals surface area (Å²) in [4.78, 5) is 37.6. The van der Waals surface area contributed by atoms with Crippen LogP contribution in [0.2, 0.25) is 0 Å². The summed E-state index contributed by atoms with van der Waals surface area (Å²) in [5.74, 6) is -1.06. The van der Waals surface area contributed by atoms with Crippen LogP contribution in [0.4, 0.5) is 0 Å². The van der Waals surface area contributed by atoms with Crippen LogP contribution in [-0.4, -0.2) is 92.5 Å². The average Bonchev–Trinajstić information content (AvgIpc) is 3.24. The first kappa shape index (κ1) is 60.1. The summed E-state index contributed by atoms with van der Waals surface area (Å²) in [5, 5.41) is 20.0. The standard InChI is InChI=1S/C52H82NO10P/c1-6-8-10-11-12-13-14-15-16-17-18-19-20-21-22-23-24-28-36-42-51(56)60-46-50(47-62-64(58,59)61-45-44-53(3,4)5)63-52(57)43-37-29-26-25-27-33-39-49(55)41-35-31-30-34-40-48(54)38-32-9-7-2/h8-10,12-13,15-16,18-19,21-22,26-27,29-35,40-41,48-50,54-55H,6-7,11,14,17,20,23-25,28,36-39,42-47H2,1-5H3/b10-8-,13-12-,16-15-,19-18-,22-21-,29-26-,31-30-,32-9-,33-27-,40-34+,41-35+/t48-,49+,50+/m0/s1. The van der Waals surface area contributed by atoms with Crippen LogP contribution in [0.5, 0.6) is 0 Å². The maximum Gasteiger partial charge on any atom is 0.306 e.